The van der Waals surface area contributed by atoms with Crippen molar-refractivity contribution in [2.75, 3.05) is 6.54 Å². The molecule has 6 heteroatoms. The number of amides is 1. The van der Waals surface area contributed by atoms with E-state index in [0.29, 0.717) is 18.7 Å². The van der Waals surface area contributed by atoms with Crippen molar-refractivity contribution >= 4 is 33.8 Å². The first kappa shape index (κ1) is 13.7. The van der Waals surface area contributed by atoms with E-state index in [1.54, 1.807) is 11.2 Å². The van der Waals surface area contributed by atoms with Gasteiger partial charge < -0.3 is 4.90 Å². The first-order valence-electron chi connectivity index (χ1n) is 7.33. The molecule has 0 saturated carbocycles. The Morgan fingerprint density at radius 3 is 2.95 bits per heavy atom. The Morgan fingerprint density at radius 1 is 1.27 bits per heavy atom. The normalized spacial score (nSPS) is 22.9. The first-order valence-corrected chi connectivity index (χ1v) is 8.12. The van der Waals surface area contributed by atoms with E-state index < -0.39 is 0 Å². The van der Waals surface area contributed by atoms with Crippen molar-refractivity contribution in [3.63, 3.8) is 0 Å². The minimum absolute atomic E-state index is 0.0311. The minimum atomic E-state index is -0.0719. The van der Waals surface area contributed by atoms with Crippen LogP contribution in [-0.2, 0) is 17.8 Å². The zero-order chi connectivity index (χ0) is 15.1. The molecular weight excluding hydrogens is 344 g/mol. The van der Waals surface area contributed by atoms with Gasteiger partial charge >= 0.3 is 0 Å². The highest BCUT2D eigenvalue weighted by molar-refractivity contribution is 9.12. The maximum absolute atomic E-state index is 12.7. The Labute approximate surface area is 137 Å². The van der Waals surface area contributed by atoms with E-state index in [-0.39, 0.29) is 12.1 Å². The molecule has 1 aromatic rings. The number of carbonyl (C=O) groups is 1. The van der Waals surface area contributed by atoms with Crippen molar-refractivity contribution in [2.45, 2.75) is 25.6 Å². The van der Waals surface area contributed by atoms with Crippen LogP contribution in [0.15, 0.2) is 45.0 Å². The Morgan fingerprint density at radius 2 is 2.09 bits per heavy atom. The van der Waals surface area contributed by atoms with Gasteiger partial charge in [0.1, 0.15) is 11.9 Å². The van der Waals surface area contributed by atoms with E-state index in [4.69, 9.17) is 0 Å². The topological polar surface area (TPSA) is 48.3 Å². The molecule has 3 aliphatic heterocycles. The van der Waals surface area contributed by atoms with Gasteiger partial charge in [-0.25, -0.2) is 5.01 Å². The lowest BCUT2D eigenvalue weighted by atomic mass is 9.99. The number of rotatable bonds is 1. The molecule has 1 atom stereocenters. The molecule has 0 N–H and O–H groups in total. The lowest BCUT2D eigenvalue weighted by Crippen LogP contribution is -2.40. The summed E-state index contributed by atoms with van der Waals surface area (Å²) < 4.78 is 0.869. The minimum Gasteiger partial charge on any atom is -0.333 e. The third-order valence-corrected chi connectivity index (χ3v) is 4.62. The van der Waals surface area contributed by atoms with Crippen LogP contribution in [0.4, 0.5) is 0 Å². The molecule has 5 nitrogen and oxygen atoms in total. The first-order chi connectivity index (χ1) is 10.7. The van der Waals surface area contributed by atoms with Crippen LogP contribution in [-0.4, -0.2) is 40.5 Å². The smallest absolute Gasteiger partial charge is 0.270 e. The van der Waals surface area contributed by atoms with Gasteiger partial charge in [-0.15, -0.1) is 0 Å². The summed E-state index contributed by atoms with van der Waals surface area (Å²) in [4.78, 5) is 19.0. The number of nitrogens with zero attached hydrogens (tertiary/aromatic N) is 4. The van der Waals surface area contributed by atoms with Crippen LogP contribution in [0.5, 0.6) is 0 Å². The van der Waals surface area contributed by atoms with E-state index in [9.17, 15) is 4.79 Å². The molecule has 0 bridgehead atoms. The Balaban J connectivity index is 1.52. The summed E-state index contributed by atoms with van der Waals surface area (Å²) in [6.07, 6.45) is 5.04. The van der Waals surface area contributed by atoms with Gasteiger partial charge in [-0.05, 0) is 33.5 Å². The van der Waals surface area contributed by atoms with Gasteiger partial charge in [0.2, 0.25) is 0 Å². The molecule has 0 radical (unpaired) electrons. The van der Waals surface area contributed by atoms with Crippen molar-refractivity contribution in [2.24, 2.45) is 10.1 Å². The van der Waals surface area contributed by atoms with Gasteiger partial charge in [-0.1, -0.05) is 24.3 Å². The summed E-state index contributed by atoms with van der Waals surface area (Å²) >= 11 is 3.38. The van der Waals surface area contributed by atoms with Crippen LogP contribution < -0.4 is 0 Å². The third kappa shape index (κ3) is 2.37. The van der Waals surface area contributed by atoms with Gasteiger partial charge in [0.15, 0.2) is 0 Å². The highest BCUT2D eigenvalue weighted by Gasteiger charge is 2.33. The zero-order valence-electron chi connectivity index (χ0n) is 11.9. The predicted molar refractivity (Wildman–Crippen MR) is 88.7 cm³/mol. The van der Waals surface area contributed by atoms with Crippen molar-refractivity contribution < 1.29 is 4.79 Å². The van der Waals surface area contributed by atoms with E-state index in [1.165, 1.54) is 11.1 Å². The number of aliphatic imine (C=N–C) groups is 1. The molecule has 0 aromatic heterocycles. The van der Waals surface area contributed by atoms with Crippen molar-refractivity contribution in [1.29, 1.82) is 0 Å². The van der Waals surface area contributed by atoms with Crippen molar-refractivity contribution in [3.05, 3.63) is 46.1 Å². The van der Waals surface area contributed by atoms with Crippen LogP contribution in [0.25, 0.3) is 0 Å². The molecule has 0 spiro atoms. The number of carbonyl (C=O) groups excluding carboxylic acids is 1. The fourth-order valence-electron chi connectivity index (χ4n) is 3.05. The lowest BCUT2D eigenvalue weighted by Gasteiger charge is -2.28. The highest BCUT2D eigenvalue weighted by atomic mass is 79.9. The number of fused-ring (bicyclic) bond motifs is 2. The number of allylic oxidation sites excluding steroid dienone is 1. The van der Waals surface area contributed by atoms with Crippen LogP contribution in [0.1, 0.15) is 17.5 Å². The van der Waals surface area contributed by atoms with Crippen LogP contribution in [0.2, 0.25) is 0 Å². The van der Waals surface area contributed by atoms with Gasteiger partial charge in [0, 0.05) is 31.9 Å². The zero-order valence-corrected chi connectivity index (χ0v) is 13.5. The van der Waals surface area contributed by atoms with Crippen LogP contribution >= 0.6 is 15.9 Å². The van der Waals surface area contributed by atoms with Gasteiger partial charge in [-0.2, -0.15) is 5.10 Å². The average molecular weight is 359 g/mol. The molecular formula is C16H15BrN4O. The molecule has 4 rings (SSSR count). The molecule has 22 heavy (non-hydrogen) atoms. The third-order valence-electron chi connectivity index (χ3n) is 4.21. The highest BCUT2D eigenvalue weighted by Crippen LogP contribution is 2.25. The predicted octanol–water partition coefficient (Wildman–Crippen LogP) is 2.28. The second-order valence-electron chi connectivity index (χ2n) is 5.65. The molecule has 0 fully saturated rings. The van der Waals surface area contributed by atoms with Crippen LogP contribution in [0, 0.1) is 0 Å². The van der Waals surface area contributed by atoms with Crippen molar-refractivity contribution in [3.8, 4) is 0 Å². The standard InChI is InChI=1S/C16H15BrN4O/c17-13-8-18-15-7-14(19-21(15)10-13)16(22)20-6-5-11-3-1-2-4-12(11)9-20/h1-4,8,10,15H,5-7,9H2. The van der Waals surface area contributed by atoms with Crippen LogP contribution in [0.3, 0.4) is 0 Å². The molecule has 3 aliphatic rings. The number of hydrogen-bond acceptors (Lipinski definition) is 4. The lowest BCUT2D eigenvalue weighted by molar-refractivity contribution is -0.125. The maximum Gasteiger partial charge on any atom is 0.270 e. The SMILES string of the molecule is O=C(C1=NN2C=C(Br)C=NC2C1)N1CCc2ccccc2C1. The Kier molecular flexibility index (Phi) is 3.33. The summed E-state index contributed by atoms with van der Waals surface area (Å²) in [7, 11) is 0. The Bertz CT molecular complexity index is 725. The monoisotopic (exact) mass is 358 g/mol. The molecule has 0 saturated heterocycles. The summed E-state index contributed by atoms with van der Waals surface area (Å²) in [5.74, 6) is 0.0311. The summed E-state index contributed by atoms with van der Waals surface area (Å²) in [5.41, 5.74) is 3.17. The number of hydrazone groups is 1. The fourth-order valence-corrected chi connectivity index (χ4v) is 3.38. The molecule has 1 unspecified atom stereocenters. The summed E-state index contributed by atoms with van der Waals surface area (Å²) in [5, 5.41) is 6.19. The molecule has 1 amide bonds. The van der Waals surface area contributed by atoms with Gasteiger partial charge in [0.05, 0.1) is 4.48 Å². The number of hydrogen-bond donors (Lipinski definition) is 0. The summed E-state index contributed by atoms with van der Waals surface area (Å²) in [6.45, 7) is 1.42. The van der Waals surface area contributed by atoms with E-state index in [0.717, 1.165) is 17.4 Å². The second kappa shape index (κ2) is 5.35. The molecule has 1 aromatic carbocycles. The number of halogens is 1. The molecule has 0 aliphatic carbocycles. The largest absolute Gasteiger partial charge is 0.333 e. The van der Waals surface area contributed by atoms with Gasteiger partial charge in [0.25, 0.3) is 5.91 Å². The maximum atomic E-state index is 12.7. The second-order valence-corrected chi connectivity index (χ2v) is 6.56. The summed E-state index contributed by atoms with van der Waals surface area (Å²) in [6, 6.07) is 8.31. The molecule has 3 heterocycles. The fraction of sp³-hybridized carbons (Fsp3) is 0.312. The van der Waals surface area contributed by atoms with E-state index in [1.807, 2.05) is 17.2 Å². The van der Waals surface area contributed by atoms with E-state index >= 15 is 0 Å². The Hall–Kier alpha value is -1.95. The van der Waals surface area contributed by atoms with Crippen molar-refractivity contribution in [1.82, 2.24) is 9.91 Å². The number of benzene rings is 1. The van der Waals surface area contributed by atoms with E-state index in [2.05, 4.69) is 44.2 Å². The van der Waals surface area contributed by atoms with Gasteiger partial charge in [-0.3, -0.25) is 9.79 Å². The average Bonchev–Trinajstić information content (AvgIpc) is 2.96. The molecule has 112 valence electrons. The quantitative estimate of drug-likeness (QED) is 0.773.